The molecule has 312 valence electrons. The van der Waals surface area contributed by atoms with Crippen LogP contribution in [0.15, 0.2) is 194 Å². The molecule has 1 aliphatic heterocycles. The highest BCUT2D eigenvalue weighted by molar-refractivity contribution is 6.81. The minimum absolute atomic E-state index is 0.126. The Kier molecular flexibility index (Phi) is 7.77. The fraction of sp³-hybridized carbons (Fsp3) is 0.111. The number of benzene rings is 11. The number of fused-ring (bicyclic) bond motifs is 9. The summed E-state index contributed by atoms with van der Waals surface area (Å²) >= 11 is 0. The van der Waals surface area contributed by atoms with Gasteiger partial charge >= 0.3 is 6.92 Å². The maximum atomic E-state index is 6.78. The van der Waals surface area contributed by atoms with Crippen molar-refractivity contribution in [2.24, 2.45) is 0 Å². The van der Waals surface area contributed by atoms with E-state index in [2.05, 4.69) is 227 Å². The summed E-state index contributed by atoms with van der Waals surface area (Å²) in [6.45, 7) is 10.0. The van der Waals surface area contributed by atoms with Gasteiger partial charge in [-0.3, -0.25) is 0 Å². The van der Waals surface area contributed by atoms with Crippen LogP contribution in [-0.2, 0) is 22.1 Å². The first-order valence-electron chi connectivity index (χ1n) is 23.5. The Labute approximate surface area is 386 Å². The maximum absolute atomic E-state index is 6.78. The molecular weight excluding hydrogens is 798 g/mol. The SMILES string of the molecule is CC1(C)c2ccccc2-c2ccc(N(c3cc4c(cc3-c3cccc5c3COB5c3ccccc3)-c3ccccc3C4(C)C)c3ccc4cccc5c6cccc7cccc(c3c45)c76)cc21. The third kappa shape index (κ3) is 5.07. The Balaban J connectivity index is 1.13. The van der Waals surface area contributed by atoms with Crippen LogP contribution in [0, 0.1) is 0 Å². The Bertz CT molecular complexity index is 3840. The van der Waals surface area contributed by atoms with Gasteiger partial charge in [0, 0.05) is 27.5 Å². The van der Waals surface area contributed by atoms with Crippen molar-refractivity contribution in [3.05, 3.63) is 222 Å². The maximum Gasteiger partial charge on any atom is 0.362 e. The predicted molar refractivity (Wildman–Crippen MR) is 279 cm³/mol. The zero-order valence-corrected chi connectivity index (χ0v) is 37.6. The fourth-order valence-corrected chi connectivity index (χ4v) is 12.6. The molecule has 0 fully saturated rings. The van der Waals surface area contributed by atoms with E-state index in [1.165, 1.54) is 127 Å². The molecule has 0 aromatic heterocycles. The van der Waals surface area contributed by atoms with E-state index in [-0.39, 0.29) is 17.7 Å². The Hall–Kier alpha value is -7.46. The van der Waals surface area contributed by atoms with Gasteiger partial charge in [0.25, 0.3) is 0 Å². The minimum Gasteiger partial charge on any atom is -0.423 e. The molecular formula is C63H46BNO. The van der Waals surface area contributed by atoms with Crippen LogP contribution >= 0.6 is 0 Å². The first-order chi connectivity index (χ1) is 32.3. The number of anilines is 3. The van der Waals surface area contributed by atoms with Crippen molar-refractivity contribution in [1.82, 2.24) is 0 Å². The molecule has 3 aliphatic rings. The standard InChI is InChI=1S/C63H46BNO/c1-62(2)52-27-10-8-21-43(52)45-32-31-41(34-54(45)62)65(57-33-30-39-18-13-25-47-46-24-12-16-38-17-14-26-48(59(38)46)61(57)60(39)47)58-36-55-49(44-22-9-11-28-53(44)63(55,3)4)35-50(58)42-23-15-29-56-51(42)37-66-64(56)40-19-6-5-7-20-40/h5-36H,37H2,1-4H3. The molecule has 0 radical (unpaired) electrons. The van der Waals surface area contributed by atoms with Gasteiger partial charge < -0.3 is 9.55 Å². The molecule has 0 saturated carbocycles. The van der Waals surface area contributed by atoms with E-state index in [1.807, 2.05) is 0 Å². The van der Waals surface area contributed by atoms with Crippen LogP contribution in [0.3, 0.4) is 0 Å². The van der Waals surface area contributed by atoms with Gasteiger partial charge in [-0.2, -0.15) is 0 Å². The van der Waals surface area contributed by atoms with Gasteiger partial charge in [0.15, 0.2) is 0 Å². The average molecular weight is 844 g/mol. The van der Waals surface area contributed by atoms with Gasteiger partial charge in [0.05, 0.1) is 18.0 Å². The highest BCUT2D eigenvalue weighted by Crippen LogP contribution is 2.57. The second kappa shape index (κ2) is 13.5. The lowest BCUT2D eigenvalue weighted by molar-refractivity contribution is 0.337. The van der Waals surface area contributed by atoms with Gasteiger partial charge in [0.1, 0.15) is 0 Å². The van der Waals surface area contributed by atoms with E-state index in [4.69, 9.17) is 4.65 Å². The zero-order chi connectivity index (χ0) is 44.1. The summed E-state index contributed by atoms with van der Waals surface area (Å²) in [4.78, 5) is 2.64. The summed E-state index contributed by atoms with van der Waals surface area (Å²) in [5, 5.41) is 10.3. The van der Waals surface area contributed by atoms with Crippen LogP contribution in [0.1, 0.15) is 55.5 Å². The molecule has 11 aromatic rings. The van der Waals surface area contributed by atoms with E-state index in [1.54, 1.807) is 0 Å². The van der Waals surface area contributed by atoms with Crippen molar-refractivity contribution < 1.29 is 4.65 Å². The predicted octanol–water partition coefficient (Wildman–Crippen LogP) is 15.1. The lowest BCUT2D eigenvalue weighted by Crippen LogP contribution is -2.41. The lowest BCUT2D eigenvalue weighted by atomic mass is 9.55. The summed E-state index contributed by atoms with van der Waals surface area (Å²) in [6, 6.07) is 73.3. The number of nitrogens with zero attached hydrogens (tertiary/aromatic N) is 1. The highest BCUT2D eigenvalue weighted by atomic mass is 16.4. The molecule has 14 rings (SSSR count). The first-order valence-corrected chi connectivity index (χ1v) is 23.5. The second-order valence-electron chi connectivity index (χ2n) is 19.9. The molecule has 0 N–H and O–H groups in total. The molecule has 0 amide bonds. The van der Waals surface area contributed by atoms with Crippen LogP contribution in [0.5, 0.6) is 0 Å². The Morgan fingerprint density at radius 2 is 1.00 bits per heavy atom. The third-order valence-corrected chi connectivity index (χ3v) is 15.8. The van der Waals surface area contributed by atoms with Crippen molar-refractivity contribution >= 4 is 78.0 Å². The molecule has 1 heterocycles. The van der Waals surface area contributed by atoms with Crippen molar-refractivity contribution in [1.29, 1.82) is 0 Å². The third-order valence-electron chi connectivity index (χ3n) is 15.8. The summed E-state index contributed by atoms with van der Waals surface area (Å²) in [6.07, 6.45) is 0. The van der Waals surface area contributed by atoms with Crippen LogP contribution in [0.25, 0.3) is 76.5 Å². The Morgan fingerprint density at radius 3 is 1.74 bits per heavy atom. The first kappa shape index (κ1) is 37.9. The molecule has 2 aliphatic carbocycles. The molecule has 0 bridgehead atoms. The van der Waals surface area contributed by atoms with E-state index in [0.717, 1.165) is 5.69 Å². The molecule has 0 unspecified atom stereocenters. The number of rotatable bonds is 5. The normalized spacial score (nSPS) is 15.1. The monoisotopic (exact) mass is 843 g/mol. The molecule has 0 atom stereocenters. The summed E-state index contributed by atoms with van der Waals surface area (Å²) in [5.41, 5.74) is 19.9. The highest BCUT2D eigenvalue weighted by Gasteiger charge is 2.40. The number of hydrogen-bond acceptors (Lipinski definition) is 2. The van der Waals surface area contributed by atoms with Crippen molar-refractivity contribution in [3.8, 4) is 33.4 Å². The molecule has 0 spiro atoms. The summed E-state index contributed by atoms with van der Waals surface area (Å²) in [7, 11) is 0. The van der Waals surface area contributed by atoms with Crippen LogP contribution in [0.2, 0.25) is 0 Å². The van der Waals surface area contributed by atoms with E-state index in [9.17, 15) is 0 Å². The summed E-state index contributed by atoms with van der Waals surface area (Å²) in [5.74, 6) is 0. The topological polar surface area (TPSA) is 12.5 Å². The number of hydrogen-bond donors (Lipinski definition) is 0. The van der Waals surface area contributed by atoms with Gasteiger partial charge in [-0.15, -0.1) is 0 Å². The molecule has 11 aromatic carbocycles. The fourth-order valence-electron chi connectivity index (χ4n) is 12.6. The second-order valence-corrected chi connectivity index (χ2v) is 19.9. The molecule has 0 saturated heterocycles. The van der Waals surface area contributed by atoms with Crippen molar-refractivity contribution in [3.63, 3.8) is 0 Å². The minimum atomic E-state index is -0.220. The summed E-state index contributed by atoms with van der Waals surface area (Å²) < 4.78 is 6.78. The van der Waals surface area contributed by atoms with E-state index in [0.29, 0.717) is 6.61 Å². The average Bonchev–Trinajstić information content (AvgIpc) is 3.97. The molecule has 2 nitrogen and oxygen atoms in total. The van der Waals surface area contributed by atoms with Crippen LogP contribution < -0.4 is 15.8 Å². The quantitative estimate of drug-likeness (QED) is 0.0972. The lowest BCUT2D eigenvalue weighted by Gasteiger charge is -2.33. The van der Waals surface area contributed by atoms with Crippen LogP contribution in [-0.4, -0.2) is 6.92 Å². The Morgan fingerprint density at radius 1 is 0.409 bits per heavy atom. The smallest absolute Gasteiger partial charge is 0.362 e. The van der Waals surface area contributed by atoms with E-state index >= 15 is 0 Å². The largest absolute Gasteiger partial charge is 0.423 e. The molecule has 66 heavy (non-hydrogen) atoms. The van der Waals surface area contributed by atoms with Gasteiger partial charge in [0.2, 0.25) is 0 Å². The molecule has 3 heteroatoms. The van der Waals surface area contributed by atoms with E-state index < -0.39 is 0 Å². The van der Waals surface area contributed by atoms with Gasteiger partial charge in [-0.25, -0.2) is 0 Å². The van der Waals surface area contributed by atoms with Crippen molar-refractivity contribution in [2.75, 3.05) is 4.90 Å². The van der Waals surface area contributed by atoms with Crippen molar-refractivity contribution in [2.45, 2.75) is 45.1 Å². The van der Waals surface area contributed by atoms with Crippen LogP contribution in [0.4, 0.5) is 17.1 Å². The zero-order valence-electron chi connectivity index (χ0n) is 37.6. The van der Waals surface area contributed by atoms with Gasteiger partial charge in [-0.1, -0.05) is 191 Å². The van der Waals surface area contributed by atoms with Gasteiger partial charge in [-0.05, 0) is 135 Å².